The highest BCUT2D eigenvalue weighted by Gasteiger charge is 2.27. The number of hydrogen-bond acceptors (Lipinski definition) is 4. The van der Waals surface area contributed by atoms with Crippen molar-refractivity contribution in [3.63, 3.8) is 0 Å². The minimum atomic E-state index is -0.298. The third-order valence-corrected chi connectivity index (χ3v) is 3.10. The van der Waals surface area contributed by atoms with Crippen LogP contribution in [0.2, 0.25) is 0 Å². The van der Waals surface area contributed by atoms with E-state index in [1.165, 1.54) is 6.33 Å². The van der Waals surface area contributed by atoms with Gasteiger partial charge in [0.05, 0.1) is 12.7 Å². The highest BCUT2D eigenvalue weighted by molar-refractivity contribution is 5.80. The Bertz CT molecular complexity index is 366. The van der Waals surface area contributed by atoms with Crippen LogP contribution in [0.25, 0.3) is 0 Å². The lowest BCUT2D eigenvalue weighted by atomic mass is 10.2. The van der Waals surface area contributed by atoms with Crippen LogP contribution < -0.4 is 0 Å². The van der Waals surface area contributed by atoms with E-state index in [2.05, 4.69) is 17.0 Å². The first-order valence-electron chi connectivity index (χ1n) is 5.97. The molecule has 1 aliphatic rings. The number of carbonyl (C=O) groups is 1. The summed E-state index contributed by atoms with van der Waals surface area (Å²) in [4.78, 5) is 17.9. The highest BCUT2D eigenvalue weighted by Crippen LogP contribution is 2.13. The Labute approximate surface area is 101 Å². The van der Waals surface area contributed by atoms with E-state index in [-0.39, 0.29) is 18.1 Å². The lowest BCUT2D eigenvalue weighted by Crippen LogP contribution is -2.47. The average molecular weight is 238 g/mol. The molecule has 6 nitrogen and oxygen atoms in total. The van der Waals surface area contributed by atoms with Gasteiger partial charge >= 0.3 is 0 Å². The third-order valence-electron chi connectivity index (χ3n) is 3.10. The number of hydrogen-bond donors (Lipinski definition) is 0. The molecule has 1 aromatic rings. The molecule has 94 valence electrons. The van der Waals surface area contributed by atoms with Gasteiger partial charge in [0.2, 0.25) is 5.91 Å². The predicted octanol–water partition coefficient (Wildman–Crippen LogP) is 0.477. The van der Waals surface area contributed by atoms with Crippen LogP contribution in [0.15, 0.2) is 12.7 Å². The van der Waals surface area contributed by atoms with Crippen molar-refractivity contribution in [1.29, 1.82) is 0 Å². The SMILES string of the molecule is CC[C@@H]1CN(C(=O)[C@H](C)n2cncn2)CCO1. The van der Waals surface area contributed by atoms with Gasteiger partial charge in [-0.1, -0.05) is 6.92 Å². The van der Waals surface area contributed by atoms with Gasteiger partial charge in [-0.25, -0.2) is 9.67 Å². The van der Waals surface area contributed by atoms with E-state index in [0.717, 1.165) is 6.42 Å². The Balaban J connectivity index is 1.99. The average Bonchev–Trinajstić information content (AvgIpc) is 2.91. The van der Waals surface area contributed by atoms with E-state index in [1.54, 1.807) is 11.0 Å². The molecule has 1 amide bonds. The van der Waals surface area contributed by atoms with Gasteiger partial charge in [0.15, 0.2) is 0 Å². The topological polar surface area (TPSA) is 60.2 Å². The standard InChI is InChI=1S/C11H18N4O2/c1-3-10-6-14(4-5-17-10)11(16)9(2)15-8-12-7-13-15/h7-10H,3-6H2,1-2H3/t9-,10+/m0/s1. The van der Waals surface area contributed by atoms with Crippen LogP contribution in [0.1, 0.15) is 26.3 Å². The predicted molar refractivity (Wildman–Crippen MR) is 61.3 cm³/mol. The van der Waals surface area contributed by atoms with Gasteiger partial charge in [0.1, 0.15) is 18.7 Å². The molecule has 0 unspecified atom stereocenters. The zero-order valence-corrected chi connectivity index (χ0v) is 10.2. The molecule has 2 rings (SSSR count). The fourth-order valence-electron chi connectivity index (χ4n) is 1.96. The quantitative estimate of drug-likeness (QED) is 0.768. The Morgan fingerprint density at radius 1 is 1.65 bits per heavy atom. The zero-order chi connectivity index (χ0) is 12.3. The molecule has 0 spiro atoms. The van der Waals surface area contributed by atoms with E-state index in [4.69, 9.17) is 4.74 Å². The molecule has 2 atom stereocenters. The van der Waals surface area contributed by atoms with E-state index in [1.807, 2.05) is 11.8 Å². The molecule has 17 heavy (non-hydrogen) atoms. The molecule has 0 aromatic carbocycles. The molecule has 1 fully saturated rings. The second kappa shape index (κ2) is 5.27. The molecular formula is C11H18N4O2. The van der Waals surface area contributed by atoms with Crippen molar-refractivity contribution in [2.75, 3.05) is 19.7 Å². The van der Waals surface area contributed by atoms with Crippen molar-refractivity contribution >= 4 is 5.91 Å². The molecule has 1 aromatic heterocycles. The second-order valence-corrected chi connectivity index (χ2v) is 4.24. The normalized spacial score (nSPS) is 22.5. The minimum Gasteiger partial charge on any atom is -0.375 e. The van der Waals surface area contributed by atoms with Crippen LogP contribution in [0.5, 0.6) is 0 Å². The molecule has 0 radical (unpaired) electrons. The van der Waals surface area contributed by atoms with Crippen molar-refractivity contribution in [2.45, 2.75) is 32.4 Å². The Morgan fingerprint density at radius 3 is 3.12 bits per heavy atom. The summed E-state index contributed by atoms with van der Waals surface area (Å²) in [5.41, 5.74) is 0. The zero-order valence-electron chi connectivity index (χ0n) is 10.2. The third kappa shape index (κ3) is 2.63. The number of nitrogens with zero attached hydrogens (tertiary/aromatic N) is 4. The Hall–Kier alpha value is -1.43. The summed E-state index contributed by atoms with van der Waals surface area (Å²) < 4.78 is 7.13. The Kier molecular flexibility index (Phi) is 3.73. The fourth-order valence-corrected chi connectivity index (χ4v) is 1.96. The van der Waals surface area contributed by atoms with Gasteiger partial charge in [-0.15, -0.1) is 0 Å². The Morgan fingerprint density at radius 2 is 2.47 bits per heavy atom. The summed E-state index contributed by atoms with van der Waals surface area (Å²) in [6.07, 6.45) is 4.11. The van der Waals surface area contributed by atoms with Gasteiger partial charge in [-0.05, 0) is 13.3 Å². The van der Waals surface area contributed by atoms with Crippen LogP contribution >= 0.6 is 0 Å². The summed E-state index contributed by atoms with van der Waals surface area (Å²) in [5.74, 6) is 0.0808. The molecule has 0 saturated carbocycles. The van der Waals surface area contributed by atoms with Crippen LogP contribution in [-0.4, -0.2) is 51.4 Å². The molecule has 1 aliphatic heterocycles. The maximum Gasteiger partial charge on any atom is 0.247 e. The number of rotatable bonds is 3. The van der Waals surface area contributed by atoms with Crippen LogP contribution in [0, 0.1) is 0 Å². The van der Waals surface area contributed by atoms with Crippen LogP contribution in [0.3, 0.4) is 0 Å². The first-order valence-corrected chi connectivity index (χ1v) is 5.97. The van der Waals surface area contributed by atoms with Crippen LogP contribution in [0.4, 0.5) is 0 Å². The molecule has 0 bridgehead atoms. The lowest BCUT2D eigenvalue weighted by molar-refractivity contribution is -0.142. The number of amides is 1. The number of morpholine rings is 1. The van der Waals surface area contributed by atoms with E-state index in [9.17, 15) is 4.79 Å². The van der Waals surface area contributed by atoms with Crippen molar-refractivity contribution in [1.82, 2.24) is 19.7 Å². The maximum absolute atomic E-state index is 12.2. The van der Waals surface area contributed by atoms with Gasteiger partial charge < -0.3 is 9.64 Å². The molecule has 1 saturated heterocycles. The lowest BCUT2D eigenvalue weighted by Gasteiger charge is -2.33. The molecule has 0 N–H and O–H groups in total. The summed E-state index contributed by atoms with van der Waals surface area (Å²) in [6, 6.07) is -0.298. The van der Waals surface area contributed by atoms with Gasteiger partial charge in [0.25, 0.3) is 0 Å². The van der Waals surface area contributed by atoms with Crippen molar-refractivity contribution < 1.29 is 9.53 Å². The first kappa shape index (κ1) is 12.0. The molecular weight excluding hydrogens is 220 g/mol. The maximum atomic E-state index is 12.2. The van der Waals surface area contributed by atoms with E-state index < -0.39 is 0 Å². The van der Waals surface area contributed by atoms with Gasteiger partial charge in [-0.3, -0.25) is 4.79 Å². The second-order valence-electron chi connectivity index (χ2n) is 4.24. The summed E-state index contributed by atoms with van der Waals surface area (Å²) in [6.45, 7) is 5.87. The van der Waals surface area contributed by atoms with Crippen LogP contribution in [-0.2, 0) is 9.53 Å². The van der Waals surface area contributed by atoms with E-state index >= 15 is 0 Å². The van der Waals surface area contributed by atoms with Crippen molar-refractivity contribution in [3.8, 4) is 0 Å². The number of carbonyl (C=O) groups excluding carboxylic acids is 1. The van der Waals surface area contributed by atoms with Gasteiger partial charge in [-0.2, -0.15) is 5.10 Å². The largest absolute Gasteiger partial charge is 0.375 e. The summed E-state index contributed by atoms with van der Waals surface area (Å²) >= 11 is 0. The van der Waals surface area contributed by atoms with Crippen molar-refractivity contribution in [3.05, 3.63) is 12.7 Å². The van der Waals surface area contributed by atoms with E-state index in [0.29, 0.717) is 19.7 Å². The summed E-state index contributed by atoms with van der Waals surface area (Å²) in [5, 5.41) is 4.00. The highest BCUT2D eigenvalue weighted by atomic mass is 16.5. The summed E-state index contributed by atoms with van der Waals surface area (Å²) in [7, 11) is 0. The van der Waals surface area contributed by atoms with Gasteiger partial charge in [0, 0.05) is 13.1 Å². The first-order chi connectivity index (χ1) is 8.22. The minimum absolute atomic E-state index is 0.0808. The fraction of sp³-hybridized carbons (Fsp3) is 0.727. The molecule has 2 heterocycles. The number of aromatic nitrogens is 3. The smallest absolute Gasteiger partial charge is 0.247 e. The monoisotopic (exact) mass is 238 g/mol. The molecule has 0 aliphatic carbocycles. The number of ether oxygens (including phenoxy) is 1. The molecule has 6 heteroatoms. The van der Waals surface area contributed by atoms with Crippen molar-refractivity contribution in [2.24, 2.45) is 0 Å².